The number of anilines is 1. The number of hydrogen-bond donors (Lipinski definition) is 1. The van der Waals surface area contributed by atoms with E-state index >= 15 is 0 Å². The summed E-state index contributed by atoms with van der Waals surface area (Å²) in [6.07, 6.45) is 14.5. The number of aromatic nitrogens is 3. The molecule has 0 spiro atoms. The molecule has 4 saturated carbocycles. The Bertz CT molecular complexity index is 1710. The number of likely N-dealkylation sites (tertiary alicyclic amines) is 1. The fourth-order valence-electron chi connectivity index (χ4n) is 9.11. The second kappa shape index (κ2) is 13.9. The van der Waals surface area contributed by atoms with Gasteiger partial charge < -0.3 is 19.5 Å². The van der Waals surface area contributed by atoms with Gasteiger partial charge in [-0.3, -0.25) is 14.4 Å². The van der Waals surface area contributed by atoms with E-state index < -0.39 is 6.10 Å². The van der Waals surface area contributed by atoms with Gasteiger partial charge in [-0.05, 0) is 144 Å². The maximum Gasteiger partial charge on any atom is 0.410 e. The van der Waals surface area contributed by atoms with Gasteiger partial charge in [0.25, 0.3) is 0 Å². The van der Waals surface area contributed by atoms with Gasteiger partial charge in [0, 0.05) is 43.5 Å². The highest BCUT2D eigenvalue weighted by molar-refractivity contribution is 5.95. The van der Waals surface area contributed by atoms with Crippen molar-refractivity contribution in [3.63, 3.8) is 0 Å². The number of carbonyl (C=O) groups is 2. The first-order chi connectivity index (χ1) is 24.4. The molecule has 1 saturated heterocycles. The fourth-order valence-corrected chi connectivity index (χ4v) is 9.11. The average Bonchev–Trinajstić information content (AvgIpc) is 3.82. The first-order valence-corrected chi connectivity index (χ1v) is 19.0. The number of aliphatic hydroxyl groups excluding tert-OH is 1. The molecule has 2 amide bonds. The number of pyridine rings is 1. The third kappa shape index (κ3) is 7.26. The zero-order valence-electron chi connectivity index (χ0n) is 31.1. The zero-order chi connectivity index (χ0) is 36.0. The summed E-state index contributed by atoms with van der Waals surface area (Å²) < 4.78 is 13.4. The molecule has 4 aliphatic carbocycles. The van der Waals surface area contributed by atoms with Crippen LogP contribution in [0.25, 0.3) is 11.1 Å². The van der Waals surface area contributed by atoms with Gasteiger partial charge in [0.2, 0.25) is 5.91 Å². The predicted molar refractivity (Wildman–Crippen MR) is 197 cm³/mol. The standard InChI is InChI=1S/C41H55N5O5/c1-28-22-32(8-11-35(28)50-5)41-17-14-40(15-18-41,16-19-41)27-45(36-23-30(12-20-42-36)31-24-43-46(25-31)39(2,3)4)37(48)29-6-9-34(10-7-29)51-38(49)44-21-13-33(47)26-44/h8,11-12,20,22-25,29,33-34,47H,6-7,9-10,13-19,21,26-27H2,1-5H3. The summed E-state index contributed by atoms with van der Waals surface area (Å²) in [4.78, 5) is 35.9. The van der Waals surface area contributed by atoms with Crippen LogP contribution in [0.5, 0.6) is 5.75 Å². The molecule has 2 bridgehead atoms. The van der Waals surface area contributed by atoms with Crippen LogP contribution in [0, 0.1) is 18.3 Å². The fraction of sp³-hybridized carbons (Fsp3) is 0.610. The molecular formula is C41H55N5O5. The highest BCUT2D eigenvalue weighted by atomic mass is 16.6. The second-order valence-electron chi connectivity index (χ2n) is 16.9. The van der Waals surface area contributed by atoms with Crippen LogP contribution in [-0.2, 0) is 20.5 Å². The lowest BCUT2D eigenvalue weighted by Gasteiger charge is -2.55. The van der Waals surface area contributed by atoms with E-state index in [4.69, 9.17) is 14.5 Å². The van der Waals surface area contributed by atoms with Crippen LogP contribution < -0.4 is 9.64 Å². The van der Waals surface area contributed by atoms with Gasteiger partial charge in [0.15, 0.2) is 0 Å². The summed E-state index contributed by atoms with van der Waals surface area (Å²) in [5.41, 5.74) is 4.69. The monoisotopic (exact) mass is 697 g/mol. The number of hydrogen-bond acceptors (Lipinski definition) is 7. The van der Waals surface area contributed by atoms with E-state index in [-0.39, 0.29) is 40.4 Å². The Labute approximate surface area is 302 Å². The topological polar surface area (TPSA) is 110 Å². The van der Waals surface area contributed by atoms with Crippen molar-refractivity contribution in [2.75, 3.05) is 31.6 Å². The maximum atomic E-state index is 14.7. The summed E-state index contributed by atoms with van der Waals surface area (Å²) in [6.45, 7) is 10.0. The van der Waals surface area contributed by atoms with Gasteiger partial charge in [-0.2, -0.15) is 5.10 Å². The molecule has 3 aromatic rings. The highest BCUT2D eigenvalue weighted by Crippen LogP contribution is 2.58. The van der Waals surface area contributed by atoms with Crippen LogP contribution >= 0.6 is 0 Å². The lowest BCUT2D eigenvalue weighted by atomic mass is 9.51. The van der Waals surface area contributed by atoms with Gasteiger partial charge in [-0.25, -0.2) is 9.78 Å². The summed E-state index contributed by atoms with van der Waals surface area (Å²) in [5.74, 6) is 1.60. The first-order valence-electron chi connectivity index (χ1n) is 19.0. The number of benzene rings is 1. The van der Waals surface area contributed by atoms with Crippen molar-refractivity contribution in [1.29, 1.82) is 0 Å². The van der Waals surface area contributed by atoms with Crippen LogP contribution in [0.1, 0.15) is 103 Å². The Hall–Kier alpha value is -3.92. The molecule has 10 nitrogen and oxygen atoms in total. The molecule has 5 aliphatic rings. The average molecular weight is 698 g/mol. The van der Waals surface area contributed by atoms with Crippen LogP contribution in [0.3, 0.4) is 0 Å². The van der Waals surface area contributed by atoms with E-state index in [0.29, 0.717) is 57.6 Å². The third-order valence-electron chi connectivity index (χ3n) is 12.5. The molecule has 3 heterocycles. The Balaban J connectivity index is 1.10. The summed E-state index contributed by atoms with van der Waals surface area (Å²) in [7, 11) is 1.73. The molecule has 274 valence electrons. The minimum atomic E-state index is -0.477. The number of carbonyl (C=O) groups excluding carboxylic acids is 2. The number of nitrogens with zero attached hydrogens (tertiary/aromatic N) is 5. The van der Waals surface area contributed by atoms with Gasteiger partial charge in [0.05, 0.1) is 24.9 Å². The molecule has 1 N–H and O–H groups in total. The van der Waals surface area contributed by atoms with Crippen LogP contribution in [0.4, 0.5) is 10.6 Å². The van der Waals surface area contributed by atoms with E-state index in [0.717, 1.165) is 55.4 Å². The first kappa shape index (κ1) is 35.5. The van der Waals surface area contributed by atoms with Gasteiger partial charge in [-0.15, -0.1) is 0 Å². The lowest BCUT2D eigenvalue weighted by Crippen LogP contribution is -2.52. The molecule has 0 radical (unpaired) electrons. The molecular weight excluding hydrogens is 642 g/mol. The lowest BCUT2D eigenvalue weighted by molar-refractivity contribution is -0.124. The van der Waals surface area contributed by atoms with E-state index in [2.05, 4.69) is 63.3 Å². The Morgan fingerprint density at radius 1 is 0.980 bits per heavy atom. The third-order valence-corrected chi connectivity index (χ3v) is 12.5. The van der Waals surface area contributed by atoms with Crippen molar-refractivity contribution in [1.82, 2.24) is 19.7 Å². The zero-order valence-corrected chi connectivity index (χ0v) is 31.1. The Morgan fingerprint density at radius 2 is 1.71 bits per heavy atom. The van der Waals surface area contributed by atoms with Gasteiger partial charge in [0.1, 0.15) is 17.7 Å². The number of methoxy groups -OCH3 is 1. The van der Waals surface area contributed by atoms with Gasteiger partial charge >= 0.3 is 6.09 Å². The molecule has 1 unspecified atom stereocenters. The van der Waals surface area contributed by atoms with Gasteiger partial charge in [-0.1, -0.05) is 12.1 Å². The molecule has 1 atom stereocenters. The van der Waals surface area contributed by atoms with E-state index in [1.165, 1.54) is 11.1 Å². The molecule has 51 heavy (non-hydrogen) atoms. The van der Waals surface area contributed by atoms with E-state index in [9.17, 15) is 14.7 Å². The van der Waals surface area contributed by atoms with Crippen LogP contribution in [0.2, 0.25) is 0 Å². The van der Waals surface area contributed by atoms with Crippen molar-refractivity contribution in [2.24, 2.45) is 11.3 Å². The smallest absolute Gasteiger partial charge is 0.410 e. The number of rotatable bonds is 8. The molecule has 10 heteroatoms. The van der Waals surface area contributed by atoms with Crippen molar-refractivity contribution in [3.05, 3.63) is 60.0 Å². The molecule has 1 aromatic carbocycles. The minimum Gasteiger partial charge on any atom is -0.496 e. The quantitative estimate of drug-likeness (QED) is 0.261. The normalized spacial score (nSPS) is 27.7. The summed E-state index contributed by atoms with van der Waals surface area (Å²) >= 11 is 0. The Morgan fingerprint density at radius 3 is 2.31 bits per heavy atom. The van der Waals surface area contributed by atoms with Crippen molar-refractivity contribution >= 4 is 17.8 Å². The van der Waals surface area contributed by atoms with Crippen molar-refractivity contribution in [3.8, 4) is 16.9 Å². The van der Waals surface area contributed by atoms with E-state index in [1.807, 2.05) is 28.0 Å². The van der Waals surface area contributed by atoms with E-state index in [1.54, 1.807) is 12.0 Å². The number of ether oxygens (including phenoxy) is 2. The highest BCUT2D eigenvalue weighted by Gasteiger charge is 2.51. The minimum absolute atomic E-state index is 0.0424. The maximum absolute atomic E-state index is 14.7. The Kier molecular flexibility index (Phi) is 9.67. The summed E-state index contributed by atoms with van der Waals surface area (Å²) in [6, 6.07) is 10.8. The molecule has 1 aliphatic heterocycles. The number of aryl methyl sites for hydroxylation is 1. The van der Waals surface area contributed by atoms with Crippen molar-refractivity contribution in [2.45, 2.75) is 121 Å². The summed E-state index contributed by atoms with van der Waals surface area (Å²) in [5, 5.41) is 14.5. The molecule has 2 aromatic heterocycles. The van der Waals surface area contributed by atoms with Crippen molar-refractivity contribution < 1.29 is 24.2 Å². The number of amides is 2. The number of fused-ring (bicyclic) bond motifs is 3. The number of aliphatic hydroxyl groups is 1. The molecule has 5 fully saturated rings. The SMILES string of the molecule is COc1ccc(C23CCC(CN(C(=O)C4CCC(OC(=O)N5CCC(O)C5)CC4)c4cc(-c5cnn(C(C)(C)C)c5)ccn4)(CC2)CC3)cc1C. The second-order valence-corrected chi connectivity index (χ2v) is 16.9. The number of β-amino-alcohol motifs (C(OH)–C–C–N with tert-alkyl or cyclic N) is 1. The van der Waals surface area contributed by atoms with Crippen LogP contribution in [0.15, 0.2) is 48.9 Å². The molecule has 8 rings (SSSR count). The largest absolute Gasteiger partial charge is 0.496 e. The predicted octanol–water partition coefficient (Wildman–Crippen LogP) is 7.40. The van der Waals surface area contributed by atoms with Crippen LogP contribution in [-0.4, -0.2) is 75.7 Å².